The van der Waals surface area contributed by atoms with E-state index in [2.05, 4.69) is 5.10 Å². The van der Waals surface area contributed by atoms with E-state index in [4.69, 9.17) is 11.5 Å². The predicted molar refractivity (Wildman–Crippen MR) is 110 cm³/mol. The van der Waals surface area contributed by atoms with Gasteiger partial charge in [-0.05, 0) is 37.1 Å². The zero-order valence-corrected chi connectivity index (χ0v) is 16.1. The molecule has 6 nitrogen and oxygen atoms in total. The van der Waals surface area contributed by atoms with Crippen LogP contribution < -0.4 is 16.4 Å². The van der Waals surface area contributed by atoms with Crippen LogP contribution in [0.3, 0.4) is 0 Å². The summed E-state index contributed by atoms with van der Waals surface area (Å²) in [5.74, 6) is 0.432. The molecule has 3 atom stereocenters. The van der Waals surface area contributed by atoms with Crippen molar-refractivity contribution in [1.82, 2.24) is 9.78 Å². The lowest BCUT2D eigenvalue weighted by Gasteiger charge is -2.36. The van der Waals surface area contributed by atoms with E-state index in [-0.39, 0.29) is 17.9 Å². The molecule has 0 radical (unpaired) electrons. The van der Waals surface area contributed by atoms with E-state index < -0.39 is 6.04 Å². The molecule has 2 aromatic carbocycles. The van der Waals surface area contributed by atoms with Crippen molar-refractivity contribution >= 4 is 11.7 Å². The van der Waals surface area contributed by atoms with Gasteiger partial charge < -0.3 is 11.5 Å². The highest BCUT2D eigenvalue weighted by Gasteiger charge is 2.41. The minimum Gasteiger partial charge on any atom is -0.324 e. The Morgan fingerprint density at radius 2 is 1.89 bits per heavy atom. The number of nitrogens with zero attached hydrogens (tertiary/aromatic N) is 3. The molecule has 144 valence electrons. The number of carbonyl (C=O) groups is 1. The highest BCUT2D eigenvalue weighted by Crippen LogP contribution is 2.40. The van der Waals surface area contributed by atoms with E-state index in [1.165, 1.54) is 0 Å². The Morgan fingerprint density at radius 1 is 1.14 bits per heavy atom. The molecule has 2 heterocycles. The largest absolute Gasteiger partial charge is 0.324 e. The van der Waals surface area contributed by atoms with Gasteiger partial charge in [-0.1, -0.05) is 42.5 Å². The molecule has 1 aliphatic rings. The molecular weight excluding hydrogens is 350 g/mol. The van der Waals surface area contributed by atoms with Crippen LogP contribution in [-0.4, -0.2) is 28.3 Å². The summed E-state index contributed by atoms with van der Waals surface area (Å²) in [5, 5.41) is 4.61. The number of para-hydroxylation sites is 1. The first-order chi connectivity index (χ1) is 13.5. The van der Waals surface area contributed by atoms with Crippen LogP contribution in [0.25, 0.3) is 5.69 Å². The molecule has 0 fully saturated rings. The van der Waals surface area contributed by atoms with Gasteiger partial charge in [-0.2, -0.15) is 5.10 Å². The zero-order chi connectivity index (χ0) is 19.8. The van der Waals surface area contributed by atoms with E-state index in [0.717, 1.165) is 28.2 Å². The van der Waals surface area contributed by atoms with Crippen LogP contribution in [0.5, 0.6) is 0 Å². The molecule has 3 aromatic rings. The van der Waals surface area contributed by atoms with Crippen LogP contribution in [0.4, 0.5) is 5.82 Å². The molecule has 2 unspecified atom stereocenters. The quantitative estimate of drug-likeness (QED) is 0.734. The summed E-state index contributed by atoms with van der Waals surface area (Å²) in [7, 11) is 0. The molecule has 4 N–H and O–H groups in total. The number of hydrogen-bond donors (Lipinski definition) is 2. The average Bonchev–Trinajstić information content (AvgIpc) is 3.14. The lowest BCUT2D eigenvalue weighted by atomic mass is 9.82. The molecule has 0 bridgehead atoms. The van der Waals surface area contributed by atoms with Crippen molar-refractivity contribution < 1.29 is 4.79 Å². The second-order valence-electron chi connectivity index (χ2n) is 7.22. The Hall–Kier alpha value is -2.96. The normalized spacial score (nSPS) is 20.1. The van der Waals surface area contributed by atoms with Crippen molar-refractivity contribution in [3.8, 4) is 5.69 Å². The van der Waals surface area contributed by atoms with Crippen LogP contribution in [0, 0.1) is 0 Å². The van der Waals surface area contributed by atoms with Gasteiger partial charge in [-0.25, -0.2) is 4.68 Å². The molecule has 1 aliphatic heterocycles. The Bertz CT molecular complexity index is 995. The van der Waals surface area contributed by atoms with E-state index in [9.17, 15) is 4.79 Å². The fraction of sp³-hybridized carbons (Fsp3) is 0.273. The van der Waals surface area contributed by atoms with E-state index >= 15 is 0 Å². The van der Waals surface area contributed by atoms with Crippen LogP contribution in [0.1, 0.15) is 42.5 Å². The predicted octanol–water partition coefficient (Wildman–Crippen LogP) is 2.72. The van der Waals surface area contributed by atoms with Crippen molar-refractivity contribution in [3.63, 3.8) is 0 Å². The average molecular weight is 375 g/mol. The number of aromatic nitrogens is 2. The van der Waals surface area contributed by atoms with Crippen molar-refractivity contribution in [3.05, 3.63) is 77.5 Å². The summed E-state index contributed by atoms with van der Waals surface area (Å²) in [5.41, 5.74) is 16.4. The van der Waals surface area contributed by atoms with Gasteiger partial charge >= 0.3 is 0 Å². The molecule has 6 heteroatoms. The van der Waals surface area contributed by atoms with E-state index in [1.54, 1.807) is 4.90 Å². The number of anilines is 1. The monoisotopic (exact) mass is 375 g/mol. The number of hydrogen-bond acceptors (Lipinski definition) is 4. The third-order valence-electron chi connectivity index (χ3n) is 5.38. The maximum absolute atomic E-state index is 13.1. The van der Waals surface area contributed by atoms with Gasteiger partial charge in [-0.15, -0.1) is 0 Å². The topological polar surface area (TPSA) is 90.2 Å². The highest BCUT2D eigenvalue weighted by molar-refractivity contribution is 6.01. The number of benzene rings is 2. The first kappa shape index (κ1) is 18.4. The third-order valence-corrected chi connectivity index (χ3v) is 5.38. The number of nitrogens with two attached hydrogens (primary N) is 2. The molecule has 0 saturated carbocycles. The standard InChI is InChI=1S/C22H25N5O/c1-3-26-21-18(13-25-27(21)17-10-5-4-6-11-17)19(20(24)22(26)28)16-9-7-8-15(12-16)14(2)23/h4-14,19-20H,3,23-24H2,1-2H3/t14-,19?,20?/m0/s1. The van der Waals surface area contributed by atoms with Crippen LogP contribution >= 0.6 is 0 Å². The number of amides is 1. The van der Waals surface area contributed by atoms with Crippen molar-refractivity contribution in [2.75, 3.05) is 11.4 Å². The van der Waals surface area contributed by atoms with Crippen molar-refractivity contribution in [2.24, 2.45) is 11.5 Å². The number of fused-ring (bicyclic) bond motifs is 1. The van der Waals surface area contributed by atoms with Gasteiger partial charge in [0.25, 0.3) is 0 Å². The number of rotatable bonds is 4. The second kappa shape index (κ2) is 7.22. The molecule has 1 amide bonds. The fourth-order valence-electron chi connectivity index (χ4n) is 3.95. The Balaban J connectivity index is 1.90. The lowest BCUT2D eigenvalue weighted by molar-refractivity contribution is -0.120. The van der Waals surface area contributed by atoms with E-state index in [0.29, 0.717) is 6.54 Å². The molecule has 4 rings (SSSR count). The minimum atomic E-state index is -0.663. The van der Waals surface area contributed by atoms with E-state index in [1.807, 2.05) is 79.3 Å². The van der Waals surface area contributed by atoms with Crippen LogP contribution in [0.2, 0.25) is 0 Å². The molecule has 28 heavy (non-hydrogen) atoms. The SMILES string of the molecule is CCN1C(=O)C(N)C(c2cccc([C@H](C)N)c2)c2cnn(-c3ccccc3)c21. The Labute approximate surface area is 164 Å². The summed E-state index contributed by atoms with van der Waals surface area (Å²) in [6, 6.07) is 17.1. The summed E-state index contributed by atoms with van der Waals surface area (Å²) in [6.45, 7) is 4.43. The molecular formula is C22H25N5O. The van der Waals surface area contributed by atoms with Crippen LogP contribution in [0.15, 0.2) is 60.8 Å². The smallest absolute Gasteiger partial charge is 0.246 e. The summed E-state index contributed by atoms with van der Waals surface area (Å²) in [4.78, 5) is 14.9. The maximum Gasteiger partial charge on any atom is 0.246 e. The van der Waals surface area contributed by atoms with Gasteiger partial charge in [0, 0.05) is 24.1 Å². The zero-order valence-electron chi connectivity index (χ0n) is 16.1. The summed E-state index contributed by atoms with van der Waals surface area (Å²) in [6.07, 6.45) is 1.83. The van der Waals surface area contributed by atoms with Gasteiger partial charge in [-0.3, -0.25) is 9.69 Å². The second-order valence-corrected chi connectivity index (χ2v) is 7.22. The molecule has 0 saturated heterocycles. The minimum absolute atomic E-state index is 0.0888. The van der Waals surface area contributed by atoms with Crippen molar-refractivity contribution in [2.45, 2.75) is 31.8 Å². The van der Waals surface area contributed by atoms with Gasteiger partial charge in [0.2, 0.25) is 5.91 Å². The maximum atomic E-state index is 13.1. The lowest BCUT2D eigenvalue weighted by Crippen LogP contribution is -2.51. The van der Waals surface area contributed by atoms with Gasteiger partial charge in [0.15, 0.2) is 0 Å². The Kier molecular flexibility index (Phi) is 4.75. The highest BCUT2D eigenvalue weighted by atomic mass is 16.2. The van der Waals surface area contributed by atoms with Gasteiger partial charge in [0.1, 0.15) is 5.82 Å². The summed E-state index contributed by atoms with van der Waals surface area (Å²) < 4.78 is 1.82. The molecule has 0 aliphatic carbocycles. The number of carbonyl (C=O) groups excluding carboxylic acids is 1. The fourth-order valence-corrected chi connectivity index (χ4v) is 3.95. The van der Waals surface area contributed by atoms with Crippen LogP contribution in [-0.2, 0) is 4.79 Å². The van der Waals surface area contributed by atoms with Gasteiger partial charge in [0.05, 0.1) is 17.9 Å². The molecule has 1 aromatic heterocycles. The van der Waals surface area contributed by atoms with Crippen molar-refractivity contribution in [1.29, 1.82) is 0 Å². The first-order valence-corrected chi connectivity index (χ1v) is 9.58. The first-order valence-electron chi connectivity index (χ1n) is 9.58. The third kappa shape index (κ3) is 2.91. The number of likely N-dealkylation sites (N-methyl/N-ethyl adjacent to an activating group) is 1. The Morgan fingerprint density at radius 3 is 2.57 bits per heavy atom. The molecule has 0 spiro atoms. The summed E-state index contributed by atoms with van der Waals surface area (Å²) >= 11 is 0.